The Kier molecular flexibility index (Phi) is 3.81. The molecule has 2 N–H and O–H groups in total. The van der Waals surface area contributed by atoms with Crippen molar-refractivity contribution in [3.05, 3.63) is 24.0 Å². The number of fused-ring (bicyclic) bond motifs is 1. The normalized spacial score (nSPS) is 18.3. The van der Waals surface area contributed by atoms with E-state index in [-0.39, 0.29) is 11.9 Å². The number of amides is 1. The first-order chi connectivity index (χ1) is 10.5. The van der Waals surface area contributed by atoms with Crippen molar-refractivity contribution >= 4 is 16.9 Å². The Morgan fingerprint density at radius 1 is 1.41 bits per heavy atom. The lowest BCUT2D eigenvalue weighted by atomic mass is 9.75. The Bertz CT molecular complexity index is 680. The molecular weight excluding hydrogens is 278 g/mol. The van der Waals surface area contributed by atoms with Crippen LogP contribution >= 0.6 is 0 Å². The second-order valence-electron chi connectivity index (χ2n) is 6.87. The Morgan fingerprint density at radius 3 is 2.82 bits per heavy atom. The Hall–Kier alpha value is -2.04. The quantitative estimate of drug-likeness (QED) is 0.914. The molecule has 2 aromatic heterocycles. The number of ether oxygens (including phenoxy) is 1. The fourth-order valence-electron chi connectivity index (χ4n) is 3.11. The van der Waals surface area contributed by atoms with Gasteiger partial charge in [0.05, 0.1) is 12.5 Å². The largest absolute Gasteiger partial charge is 0.496 e. The fourth-order valence-corrected chi connectivity index (χ4v) is 3.11. The zero-order valence-corrected chi connectivity index (χ0v) is 13.4. The number of aromatic nitrogens is 2. The molecule has 1 aliphatic rings. The van der Waals surface area contributed by atoms with Gasteiger partial charge >= 0.3 is 0 Å². The van der Waals surface area contributed by atoms with Crippen molar-refractivity contribution in [2.75, 3.05) is 7.11 Å². The third-order valence-corrected chi connectivity index (χ3v) is 4.63. The molecule has 1 aliphatic carbocycles. The van der Waals surface area contributed by atoms with E-state index in [2.05, 4.69) is 29.1 Å². The monoisotopic (exact) mass is 301 g/mol. The van der Waals surface area contributed by atoms with Crippen LogP contribution in [0.1, 0.15) is 50.0 Å². The zero-order chi connectivity index (χ0) is 15.7. The lowest BCUT2D eigenvalue weighted by Crippen LogP contribution is -2.39. The number of rotatable bonds is 3. The van der Waals surface area contributed by atoms with Crippen molar-refractivity contribution in [2.24, 2.45) is 5.41 Å². The van der Waals surface area contributed by atoms with Crippen molar-refractivity contribution in [1.82, 2.24) is 15.3 Å². The average Bonchev–Trinajstić information content (AvgIpc) is 2.93. The maximum Gasteiger partial charge on any atom is 0.267 e. The maximum atomic E-state index is 12.4. The number of hydrogen-bond donors (Lipinski definition) is 2. The minimum atomic E-state index is -0.0650. The molecule has 1 saturated carbocycles. The standard InChI is InChI=1S/C17H23N3O2/c1-17(2)7-4-11(5-8-17)19-16(21)13-10-12-14(22-3)6-9-18-15(12)20-13/h6,9-11H,4-5,7-8H2,1-3H3,(H,18,20)(H,19,21). The van der Waals surface area contributed by atoms with Crippen LogP contribution in [0.25, 0.3) is 11.0 Å². The third-order valence-electron chi connectivity index (χ3n) is 4.63. The van der Waals surface area contributed by atoms with E-state index in [4.69, 9.17) is 4.74 Å². The Balaban J connectivity index is 1.73. The van der Waals surface area contributed by atoms with Gasteiger partial charge in [-0.2, -0.15) is 0 Å². The first-order valence-electron chi connectivity index (χ1n) is 7.81. The Labute approximate surface area is 130 Å². The summed E-state index contributed by atoms with van der Waals surface area (Å²) >= 11 is 0. The first-order valence-corrected chi connectivity index (χ1v) is 7.81. The maximum absolute atomic E-state index is 12.4. The van der Waals surface area contributed by atoms with Gasteiger partial charge in [0.15, 0.2) is 0 Å². The van der Waals surface area contributed by atoms with Crippen LogP contribution in [0.2, 0.25) is 0 Å². The summed E-state index contributed by atoms with van der Waals surface area (Å²) in [6, 6.07) is 3.87. The molecule has 5 heteroatoms. The molecule has 3 rings (SSSR count). The van der Waals surface area contributed by atoms with Crippen molar-refractivity contribution in [1.29, 1.82) is 0 Å². The van der Waals surface area contributed by atoms with Crippen LogP contribution in [0.5, 0.6) is 5.75 Å². The molecule has 2 heterocycles. The molecule has 22 heavy (non-hydrogen) atoms. The molecular formula is C17H23N3O2. The molecule has 0 saturated heterocycles. The second kappa shape index (κ2) is 5.63. The summed E-state index contributed by atoms with van der Waals surface area (Å²) in [5.74, 6) is 0.657. The number of methoxy groups -OCH3 is 1. The number of nitrogens with one attached hydrogen (secondary N) is 2. The van der Waals surface area contributed by atoms with Gasteiger partial charge in [-0.05, 0) is 43.2 Å². The highest BCUT2D eigenvalue weighted by molar-refractivity contribution is 5.98. The van der Waals surface area contributed by atoms with Crippen LogP contribution in [0.3, 0.4) is 0 Å². The number of hydrogen-bond acceptors (Lipinski definition) is 3. The van der Waals surface area contributed by atoms with Gasteiger partial charge in [-0.1, -0.05) is 13.8 Å². The summed E-state index contributed by atoms with van der Waals surface area (Å²) < 4.78 is 5.30. The predicted octanol–water partition coefficient (Wildman–Crippen LogP) is 3.27. The third kappa shape index (κ3) is 2.93. The van der Waals surface area contributed by atoms with Crippen molar-refractivity contribution in [3.63, 3.8) is 0 Å². The van der Waals surface area contributed by atoms with Crippen LogP contribution in [-0.4, -0.2) is 29.0 Å². The molecule has 2 aromatic rings. The van der Waals surface area contributed by atoms with Crippen LogP contribution < -0.4 is 10.1 Å². The van der Waals surface area contributed by atoms with Gasteiger partial charge in [-0.3, -0.25) is 4.79 Å². The van der Waals surface area contributed by atoms with Crippen LogP contribution in [0.15, 0.2) is 18.3 Å². The molecule has 118 valence electrons. The van der Waals surface area contributed by atoms with Crippen LogP contribution in [0, 0.1) is 5.41 Å². The SMILES string of the molecule is COc1ccnc2[nH]c(C(=O)NC3CCC(C)(C)CC3)cc12. The summed E-state index contributed by atoms with van der Waals surface area (Å²) in [6.45, 7) is 4.58. The topological polar surface area (TPSA) is 67.0 Å². The van der Waals surface area contributed by atoms with Gasteiger partial charge in [-0.25, -0.2) is 4.98 Å². The van der Waals surface area contributed by atoms with Crippen LogP contribution in [-0.2, 0) is 0 Å². The van der Waals surface area contributed by atoms with E-state index in [1.807, 2.05) is 6.07 Å². The van der Waals surface area contributed by atoms with E-state index in [1.54, 1.807) is 19.4 Å². The summed E-state index contributed by atoms with van der Waals surface area (Å²) in [5.41, 5.74) is 1.62. The number of pyridine rings is 1. The van der Waals surface area contributed by atoms with E-state index in [1.165, 1.54) is 0 Å². The summed E-state index contributed by atoms with van der Waals surface area (Å²) in [6.07, 6.45) is 6.06. The number of carbonyl (C=O) groups excluding carboxylic acids is 1. The molecule has 0 aliphatic heterocycles. The van der Waals surface area contributed by atoms with Gasteiger partial charge < -0.3 is 15.0 Å². The lowest BCUT2D eigenvalue weighted by Gasteiger charge is -2.34. The summed E-state index contributed by atoms with van der Waals surface area (Å²) in [5, 5.41) is 3.97. The minimum Gasteiger partial charge on any atom is -0.496 e. The average molecular weight is 301 g/mol. The predicted molar refractivity (Wildman–Crippen MR) is 86.1 cm³/mol. The molecule has 5 nitrogen and oxygen atoms in total. The van der Waals surface area contributed by atoms with E-state index in [0.29, 0.717) is 16.8 Å². The number of H-pyrrole nitrogens is 1. The second-order valence-corrected chi connectivity index (χ2v) is 6.87. The highest BCUT2D eigenvalue weighted by Gasteiger charge is 2.28. The molecule has 1 fully saturated rings. The Morgan fingerprint density at radius 2 is 2.14 bits per heavy atom. The van der Waals surface area contributed by atoms with E-state index >= 15 is 0 Å². The van der Waals surface area contributed by atoms with E-state index in [9.17, 15) is 4.79 Å². The molecule has 0 atom stereocenters. The van der Waals surface area contributed by atoms with E-state index in [0.717, 1.165) is 36.8 Å². The molecule has 0 bridgehead atoms. The highest BCUT2D eigenvalue weighted by atomic mass is 16.5. The summed E-state index contributed by atoms with van der Waals surface area (Å²) in [7, 11) is 1.62. The van der Waals surface area contributed by atoms with Gasteiger partial charge in [0, 0.05) is 12.2 Å². The smallest absolute Gasteiger partial charge is 0.267 e. The molecule has 0 radical (unpaired) electrons. The van der Waals surface area contributed by atoms with Gasteiger partial charge in [0.2, 0.25) is 0 Å². The molecule has 0 unspecified atom stereocenters. The van der Waals surface area contributed by atoms with Gasteiger partial charge in [-0.15, -0.1) is 0 Å². The number of aromatic amines is 1. The van der Waals surface area contributed by atoms with Gasteiger partial charge in [0.1, 0.15) is 17.1 Å². The van der Waals surface area contributed by atoms with E-state index < -0.39 is 0 Å². The lowest BCUT2D eigenvalue weighted by molar-refractivity contribution is 0.0905. The molecule has 1 amide bonds. The minimum absolute atomic E-state index is 0.0650. The van der Waals surface area contributed by atoms with Crippen molar-refractivity contribution in [3.8, 4) is 5.75 Å². The number of carbonyl (C=O) groups is 1. The fraction of sp³-hybridized carbons (Fsp3) is 0.529. The van der Waals surface area contributed by atoms with Crippen LogP contribution in [0.4, 0.5) is 0 Å². The zero-order valence-electron chi connectivity index (χ0n) is 13.4. The first kappa shape index (κ1) is 14.9. The summed E-state index contributed by atoms with van der Waals surface area (Å²) in [4.78, 5) is 19.7. The number of nitrogens with zero attached hydrogens (tertiary/aromatic N) is 1. The van der Waals surface area contributed by atoms with Crippen molar-refractivity contribution < 1.29 is 9.53 Å². The molecule has 0 aromatic carbocycles. The van der Waals surface area contributed by atoms with Crippen molar-refractivity contribution in [2.45, 2.75) is 45.6 Å². The highest BCUT2D eigenvalue weighted by Crippen LogP contribution is 2.35. The molecule has 0 spiro atoms. The van der Waals surface area contributed by atoms with Gasteiger partial charge in [0.25, 0.3) is 5.91 Å².